The highest BCUT2D eigenvalue weighted by Crippen LogP contribution is 2.29. The van der Waals surface area contributed by atoms with Crippen LogP contribution >= 0.6 is 24.0 Å². The molecule has 0 saturated heterocycles. The minimum atomic E-state index is -4.32. The number of nitrogens with one attached hydrogen (secondary N) is 2. The molecule has 2 N–H and O–H groups in total. The Kier molecular flexibility index (Phi) is 8.08. The smallest absolute Gasteiger partial charge is 0.357 e. The first-order valence-electron chi connectivity index (χ1n) is 9.06. The van der Waals surface area contributed by atoms with E-state index in [0.29, 0.717) is 24.6 Å². The first-order chi connectivity index (χ1) is 13.0. The van der Waals surface area contributed by atoms with Crippen molar-refractivity contribution >= 4 is 29.9 Å². The highest BCUT2D eigenvalue weighted by molar-refractivity contribution is 14.0. The Morgan fingerprint density at radius 1 is 1.14 bits per heavy atom. The van der Waals surface area contributed by atoms with Crippen molar-refractivity contribution in [1.82, 2.24) is 25.4 Å². The van der Waals surface area contributed by atoms with Crippen molar-refractivity contribution in [3.05, 3.63) is 47.0 Å². The maximum absolute atomic E-state index is 12.6. The fraction of sp³-hybridized carbons (Fsp3) is 0.500. The van der Waals surface area contributed by atoms with Crippen LogP contribution in [0.15, 0.2) is 29.3 Å². The van der Waals surface area contributed by atoms with Gasteiger partial charge in [0.05, 0.1) is 18.7 Å². The molecule has 0 aliphatic carbocycles. The van der Waals surface area contributed by atoms with E-state index in [2.05, 4.69) is 30.4 Å². The largest absolute Gasteiger partial charge is 0.416 e. The number of aromatic nitrogens is 3. The summed E-state index contributed by atoms with van der Waals surface area (Å²) in [6, 6.07) is 5.05. The molecule has 2 aromatic rings. The lowest BCUT2D eigenvalue weighted by Crippen LogP contribution is -2.37. The van der Waals surface area contributed by atoms with E-state index < -0.39 is 11.7 Å². The number of aliphatic imine (C=N–C) groups is 1. The van der Waals surface area contributed by atoms with Gasteiger partial charge in [-0.2, -0.15) is 13.2 Å². The highest BCUT2D eigenvalue weighted by Gasteiger charge is 2.29. The maximum atomic E-state index is 12.6. The van der Waals surface area contributed by atoms with Crippen molar-refractivity contribution < 1.29 is 13.2 Å². The number of benzene rings is 1. The number of fused-ring (bicyclic) bond motifs is 1. The Morgan fingerprint density at radius 3 is 2.57 bits per heavy atom. The van der Waals surface area contributed by atoms with Crippen molar-refractivity contribution in [2.45, 2.75) is 52.0 Å². The second-order valence-corrected chi connectivity index (χ2v) is 6.38. The molecule has 0 saturated carbocycles. The van der Waals surface area contributed by atoms with Gasteiger partial charge in [0.15, 0.2) is 11.8 Å². The van der Waals surface area contributed by atoms with Gasteiger partial charge in [-0.3, -0.25) is 0 Å². The Balaban J connectivity index is 0.00000280. The molecule has 0 fully saturated rings. The summed E-state index contributed by atoms with van der Waals surface area (Å²) < 4.78 is 40.0. The Morgan fingerprint density at radius 2 is 1.89 bits per heavy atom. The van der Waals surface area contributed by atoms with E-state index in [1.54, 1.807) is 0 Å². The summed E-state index contributed by atoms with van der Waals surface area (Å²) in [5, 5.41) is 14.8. The predicted molar refractivity (Wildman–Crippen MR) is 111 cm³/mol. The van der Waals surface area contributed by atoms with Crippen LogP contribution in [0.4, 0.5) is 13.2 Å². The van der Waals surface area contributed by atoms with Gasteiger partial charge in [0.1, 0.15) is 5.82 Å². The number of nitrogens with zero attached hydrogens (tertiary/aromatic N) is 4. The Labute approximate surface area is 179 Å². The van der Waals surface area contributed by atoms with Crippen LogP contribution in [0.25, 0.3) is 0 Å². The molecule has 1 aliphatic rings. The lowest BCUT2D eigenvalue weighted by atomic mass is 10.1. The topological polar surface area (TPSA) is 67.1 Å². The molecule has 6 nitrogen and oxygen atoms in total. The van der Waals surface area contributed by atoms with Crippen LogP contribution in [-0.2, 0) is 32.2 Å². The van der Waals surface area contributed by atoms with E-state index in [9.17, 15) is 13.2 Å². The fourth-order valence-electron chi connectivity index (χ4n) is 2.97. The Bertz CT molecular complexity index is 786. The van der Waals surface area contributed by atoms with Gasteiger partial charge in [-0.15, -0.1) is 34.2 Å². The summed E-state index contributed by atoms with van der Waals surface area (Å²) >= 11 is 0. The third-order valence-corrected chi connectivity index (χ3v) is 4.40. The summed E-state index contributed by atoms with van der Waals surface area (Å²) in [6.45, 7) is 4.33. The molecule has 0 atom stereocenters. The molecule has 0 spiro atoms. The third-order valence-electron chi connectivity index (χ3n) is 4.40. The molecule has 1 aliphatic heterocycles. The van der Waals surface area contributed by atoms with Gasteiger partial charge in [0.2, 0.25) is 0 Å². The summed E-state index contributed by atoms with van der Waals surface area (Å²) in [6.07, 6.45) is -1.10. The molecule has 0 unspecified atom stereocenters. The van der Waals surface area contributed by atoms with E-state index in [0.717, 1.165) is 49.6 Å². The van der Waals surface area contributed by atoms with Crippen LogP contribution in [0.1, 0.15) is 42.5 Å². The molecule has 0 bridgehead atoms. The summed E-state index contributed by atoms with van der Waals surface area (Å²) in [4.78, 5) is 4.44. The first-order valence-corrected chi connectivity index (χ1v) is 9.06. The number of halogens is 4. The molecule has 1 aromatic heterocycles. The zero-order valence-corrected chi connectivity index (χ0v) is 17.9. The quantitative estimate of drug-likeness (QED) is 0.369. The second-order valence-electron chi connectivity index (χ2n) is 6.38. The van der Waals surface area contributed by atoms with Crippen molar-refractivity contribution in [3.8, 4) is 0 Å². The van der Waals surface area contributed by atoms with Gasteiger partial charge >= 0.3 is 6.18 Å². The normalized spacial score (nSPS) is 14.2. The molecular weight excluding hydrogens is 484 g/mol. The molecule has 3 rings (SSSR count). The number of rotatable bonds is 5. The molecular formula is C18H24F3IN6. The molecule has 154 valence electrons. The summed E-state index contributed by atoms with van der Waals surface area (Å²) in [5.41, 5.74) is 0.0527. The zero-order chi connectivity index (χ0) is 19.3. The molecule has 0 radical (unpaired) electrons. The lowest BCUT2D eigenvalue weighted by Gasteiger charge is -2.16. The summed E-state index contributed by atoms with van der Waals surface area (Å²) in [7, 11) is 0. The molecule has 28 heavy (non-hydrogen) atoms. The average Bonchev–Trinajstić information content (AvgIpc) is 3.07. The standard InChI is InChI=1S/C18H23F3N6.HI/c1-2-22-17(23-11-13-6-8-14(9-7-13)18(19,20)21)24-12-16-26-25-15-5-3-4-10-27(15)16;/h6-9H,2-5,10-12H2,1H3,(H2,22,23,24);1H. The van der Waals surface area contributed by atoms with E-state index in [1.807, 2.05) is 6.92 Å². The van der Waals surface area contributed by atoms with Gasteiger partial charge in [0.25, 0.3) is 0 Å². The lowest BCUT2D eigenvalue weighted by molar-refractivity contribution is -0.137. The average molecular weight is 508 g/mol. The van der Waals surface area contributed by atoms with Crippen molar-refractivity contribution in [3.63, 3.8) is 0 Å². The van der Waals surface area contributed by atoms with Gasteiger partial charge in [-0.1, -0.05) is 12.1 Å². The Hall–Kier alpha value is -1.85. The molecule has 1 aromatic carbocycles. The van der Waals surface area contributed by atoms with Crippen molar-refractivity contribution in [2.24, 2.45) is 4.99 Å². The predicted octanol–water partition coefficient (Wildman–Crippen LogP) is 3.51. The molecule has 10 heteroatoms. The number of aryl methyl sites for hydroxylation is 1. The van der Waals surface area contributed by atoms with Crippen LogP contribution in [0.2, 0.25) is 0 Å². The third kappa shape index (κ3) is 5.82. The number of hydrogen-bond donors (Lipinski definition) is 2. The zero-order valence-electron chi connectivity index (χ0n) is 15.6. The first kappa shape index (κ1) is 22.4. The van der Waals surface area contributed by atoms with E-state index in [4.69, 9.17) is 0 Å². The monoisotopic (exact) mass is 508 g/mol. The van der Waals surface area contributed by atoms with E-state index in [1.165, 1.54) is 12.1 Å². The van der Waals surface area contributed by atoms with Crippen LogP contribution < -0.4 is 10.6 Å². The van der Waals surface area contributed by atoms with Crippen LogP contribution in [0.5, 0.6) is 0 Å². The minimum absolute atomic E-state index is 0. The molecule has 2 heterocycles. The van der Waals surface area contributed by atoms with Crippen LogP contribution in [-0.4, -0.2) is 27.3 Å². The SMILES string of the molecule is CCNC(=NCc1ccc(C(F)(F)F)cc1)NCc1nnc2n1CCCC2.I. The molecule has 0 amide bonds. The van der Waals surface area contributed by atoms with Gasteiger partial charge in [-0.05, 0) is 37.5 Å². The number of alkyl halides is 3. The van der Waals surface area contributed by atoms with Gasteiger partial charge in [-0.25, -0.2) is 4.99 Å². The minimum Gasteiger partial charge on any atom is -0.357 e. The second kappa shape index (κ2) is 10.1. The fourth-order valence-corrected chi connectivity index (χ4v) is 2.97. The highest BCUT2D eigenvalue weighted by atomic mass is 127. The van der Waals surface area contributed by atoms with Gasteiger partial charge in [0, 0.05) is 19.5 Å². The van der Waals surface area contributed by atoms with Crippen molar-refractivity contribution in [1.29, 1.82) is 0 Å². The van der Waals surface area contributed by atoms with Crippen LogP contribution in [0.3, 0.4) is 0 Å². The number of hydrogen-bond acceptors (Lipinski definition) is 3. The van der Waals surface area contributed by atoms with Crippen LogP contribution in [0, 0.1) is 0 Å². The maximum Gasteiger partial charge on any atom is 0.416 e. The van der Waals surface area contributed by atoms with Crippen molar-refractivity contribution in [2.75, 3.05) is 6.54 Å². The van der Waals surface area contributed by atoms with E-state index >= 15 is 0 Å². The van der Waals surface area contributed by atoms with Gasteiger partial charge < -0.3 is 15.2 Å². The van der Waals surface area contributed by atoms with E-state index in [-0.39, 0.29) is 30.5 Å². The number of guanidine groups is 1. The summed E-state index contributed by atoms with van der Waals surface area (Å²) in [5.74, 6) is 2.47.